The number of carbonyl (C=O) groups is 1. The normalized spacial score (nSPS) is 12.2. The standard InChI is InChI=1S/C11H17N3OS/c1-8(12)6-16-7-9-3-2-4-10(5-9)11(15)14-13/h2-5,8H,6-7,12-13H2,1H3,(H,14,15). The first-order valence-electron chi connectivity index (χ1n) is 5.06. The topological polar surface area (TPSA) is 81.1 Å². The van der Waals surface area contributed by atoms with Crippen molar-refractivity contribution in [3.8, 4) is 0 Å². The van der Waals surface area contributed by atoms with Gasteiger partial charge in [-0.05, 0) is 24.6 Å². The van der Waals surface area contributed by atoms with E-state index in [1.54, 1.807) is 17.8 Å². The molecule has 5 N–H and O–H groups in total. The van der Waals surface area contributed by atoms with Gasteiger partial charge in [-0.2, -0.15) is 11.8 Å². The molecule has 1 atom stereocenters. The van der Waals surface area contributed by atoms with E-state index in [4.69, 9.17) is 11.6 Å². The molecule has 0 fully saturated rings. The van der Waals surface area contributed by atoms with Gasteiger partial charge in [-0.1, -0.05) is 12.1 Å². The second-order valence-electron chi connectivity index (χ2n) is 3.67. The van der Waals surface area contributed by atoms with Gasteiger partial charge in [0.15, 0.2) is 0 Å². The van der Waals surface area contributed by atoms with Gasteiger partial charge in [0, 0.05) is 23.1 Å². The van der Waals surface area contributed by atoms with Gasteiger partial charge in [0.25, 0.3) is 5.91 Å². The lowest BCUT2D eigenvalue weighted by atomic mass is 10.1. The van der Waals surface area contributed by atoms with Gasteiger partial charge in [0.1, 0.15) is 0 Å². The van der Waals surface area contributed by atoms with Crippen molar-refractivity contribution in [3.05, 3.63) is 35.4 Å². The van der Waals surface area contributed by atoms with Gasteiger partial charge in [-0.3, -0.25) is 10.2 Å². The van der Waals surface area contributed by atoms with Crippen LogP contribution in [0.3, 0.4) is 0 Å². The van der Waals surface area contributed by atoms with Crippen LogP contribution in [0.2, 0.25) is 0 Å². The Morgan fingerprint density at radius 3 is 2.94 bits per heavy atom. The van der Waals surface area contributed by atoms with Gasteiger partial charge >= 0.3 is 0 Å². The third-order valence-corrected chi connectivity index (χ3v) is 3.27. The largest absolute Gasteiger partial charge is 0.327 e. The predicted molar refractivity (Wildman–Crippen MR) is 67.9 cm³/mol. The summed E-state index contributed by atoms with van der Waals surface area (Å²) >= 11 is 1.75. The third-order valence-electron chi connectivity index (χ3n) is 1.97. The van der Waals surface area contributed by atoms with Crippen LogP contribution in [0.4, 0.5) is 0 Å². The SMILES string of the molecule is CC(N)CSCc1cccc(C(=O)NN)c1. The van der Waals surface area contributed by atoms with E-state index in [0.717, 1.165) is 17.1 Å². The molecular formula is C11H17N3OS. The van der Waals surface area contributed by atoms with Crippen molar-refractivity contribution < 1.29 is 4.79 Å². The van der Waals surface area contributed by atoms with Crippen LogP contribution in [-0.2, 0) is 5.75 Å². The first-order chi connectivity index (χ1) is 7.63. The van der Waals surface area contributed by atoms with Crippen molar-refractivity contribution in [3.63, 3.8) is 0 Å². The average molecular weight is 239 g/mol. The quantitative estimate of drug-likeness (QED) is 0.404. The van der Waals surface area contributed by atoms with Gasteiger partial charge in [-0.25, -0.2) is 5.84 Å². The summed E-state index contributed by atoms with van der Waals surface area (Å²) in [5.41, 5.74) is 9.46. The molecule has 1 unspecified atom stereocenters. The summed E-state index contributed by atoms with van der Waals surface area (Å²) < 4.78 is 0. The number of nitrogens with one attached hydrogen (secondary N) is 1. The van der Waals surface area contributed by atoms with Crippen molar-refractivity contribution in [2.24, 2.45) is 11.6 Å². The zero-order chi connectivity index (χ0) is 12.0. The number of thioether (sulfide) groups is 1. The van der Waals surface area contributed by atoms with Crippen LogP contribution in [-0.4, -0.2) is 17.7 Å². The molecule has 1 aromatic carbocycles. The van der Waals surface area contributed by atoms with E-state index in [0.29, 0.717) is 5.56 Å². The molecule has 0 radical (unpaired) electrons. The maximum absolute atomic E-state index is 11.3. The molecule has 16 heavy (non-hydrogen) atoms. The van der Waals surface area contributed by atoms with Crippen molar-refractivity contribution >= 4 is 17.7 Å². The highest BCUT2D eigenvalue weighted by molar-refractivity contribution is 7.98. The van der Waals surface area contributed by atoms with E-state index in [1.807, 2.05) is 25.1 Å². The molecule has 1 rings (SSSR count). The molecule has 0 saturated heterocycles. The summed E-state index contributed by atoms with van der Waals surface area (Å²) in [5.74, 6) is 6.57. The molecule has 0 saturated carbocycles. The number of hydrogen-bond donors (Lipinski definition) is 3. The highest BCUT2D eigenvalue weighted by Crippen LogP contribution is 2.14. The average Bonchev–Trinajstić information content (AvgIpc) is 2.28. The summed E-state index contributed by atoms with van der Waals surface area (Å²) in [4.78, 5) is 11.3. The lowest BCUT2D eigenvalue weighted by molar-refractivity contribution is 0.0953. The number of carbonyl (C=O) groups excluding carboxylic acids is 1. The molecule has 0 aromatic heterocycles. The van der Waals surface area contributed by atoms with Crippen LogP contribution in [0.15, 0.2) is 24.3 Å². The summed E-state index contributed by atoms with van der Waals surface area (Å²) in [6.45, 7) is 1.98. The van der Waals surface area contributed by atoms with Gasteiger partial charge < -0.3 is 5.73 Å². The first-order valence-corrected chi connectivity index (χ1v) is 6.22. The third kappa shape index (κ3) is 4.22. The summed E-state index contributed by atoms with van der Waals surface area (Å²) in [6.07, 6.45) is 0. The Kier molecular flexibility index (Phi) is 5.31. The van der Waals surface area contributed by atoms with Gasteiger partial charge in [-0.15, -0.1) is 0 Å². The molecule has 4 nitrogen and oxygen atoms in total. The van der Waals surface area contributed by atoms with Crippen molar-refractivity contribution in [1.29, 1.82) is 0 Å². The number of nitrogen functional groups attached to an aromatic ring is 1. The fourth-order valence-corrected chi connectivity index (χ4v) is 2.15. The fraction of sp³-hybridized carbons (Fsp3) is 0.364. The van der Waals surface area contributed by atoms with E-state index in [9.17, 15) is 4.79 Å². The van der Waals surface area contributed by atoms with Crippen molar-refractivity contribution in [2.45, 2.75) is 18.7 Å². The Balaban J connectivity index is 2.57. The molecule has 0 spiro atoms. The maximum Gasteiger partial charge on any atom is 0.265 e. The second kappa shape index (κ2) is 6.52. The summed E-state index contributed by atoms with van der Waals surface area (Å²) in [7, 11) is 0. The Bertz CT molecular complexity index is 355. The predicted octanol–water partition coefficient (Wildman–Crippen LogP) is 0.871. The first kappa shape index (κ1) is 13.0. The minimum absolute atomic E-state index is 0.195. The van der Waals surface area contributed by atoms with Crippen LogP contribution in [0.25, 0.3) is 0 Å². The smallest absolute Gasteiger partial charge is 0.265 e. The number of benzene rings is 1. The maximum atomic E-state index is 11.3. The molecule has 1 aromatic rings. The van der Waals surface area contributed by atoms with Crippen molar-refractivity contribution in [1.82, 2.24) is 5.43 Å². The molecule has 1 amide bonds. The molecule has 88 valence electrons. The molecule has 5 heteroatoms. The van der Waals surface area contributed by atoms with Crippen LogP contribution >= 0.6 is 11.8 Å². The van der Waals surface area contributed by atoms with E-state index in [1.165, 1.54) is 0 Å². The van der Waals surface area contributed by atoms with Crippen LogP contribution < -0.4 is 17.0 Å². The minimum Gasteiger partial charge on any atom is -0.327 e. The van der Waals surface area contributed by atoms with Crippen LogP contribution in [0.1, 0.15) is 22.8 Å². The zero-order valence-electron chi connectivity index (χ0n) is 9.27. The highest BCUT2D eigenvalue weighted by Gasteiger charge is 2.04. The highest BCUT2D eigenvalue weighted by atomic mass is 32.2. The monoisotopic (exact) mass is 239 g/mol. The minimum atomic E-state index is -0.265. The number of amides is 1. The zero-order valence-corrected chi connectivity index (χ0v) is 10.1. The lowest BCUT2D eigenvalue weighted by Crippen LogP contribution is -2.29. The Morgan fingerprint density at radius 2 is 2.31 bits per heavy atom. The van der Waals surface area contributed by atoms with Gasteiger partial charge in [0.05, 0.1) is 0 Å². The van der Waals surface area contributed by atoms with E-state index >= 15 is 0 Å². The molecule has 0 bridgehead atoms. The van der Waals surface area contributed by atoms with Crippen molar-refractivity contribution in [2.75, 3.05) is 5.75 Å². The fourth-order valence-electron chi connectivity index (χ4n) is 1.25. The van der Waals surface area contributed by atoms with Crippen LogP contribution in [0, 0.1) is 0 Å². The number of rotatable bonds is 5. The van der Waals surface area contributed by atoms with E-state index in [-0.39, 0.29) is 11.9 Å². The van der Waals surface area contributed by atoms with Gasteiger partial charge in [0.2, 0.25) is 0 Å². The van der Waals surface area contributed by atoms with Crippen LogP contribution in [0.5, 0.6) is 0 Å². The summed E-state index contributed by atoms with van der Waals surface area (Å²) in [6, 6.07) is 7.62. The Morgan fingerprint density at radius 1 is 1.56 bits per heavy atom. The lowest BCUT2D eigenvalue weighted by Gasteiger charge is -2.06. The molecule has 0 heterocycles. The number of nitrogens with two attached hydrogens (primary N) is 2. The Labute approximate surface area is 99.7 Å². The van der Waals surface area contributed by atoms with E-state index in [2.05, 4.69) is 5.43 Å². The van der Waals surface area contributed by atoms with E-state index < -0.39 is 0 Å². The Hall–Kier alpha value is -1.04. The molecular weight excluding hydrogens is 222 g/mol. The summed E-state index contributed by atoms with van der Waals surface area (Å²) in [5, 5.41) is 0. The molecule has 0 aliphatic heterocycles. The molecule has 0 aliphatic carbocycles. The molecule has 0 aliphatic rings. The number of hydrogen-bond acceptors (Lipinski definition) is 4. The second-order valence-corrected chi connectivity index (χ2v) is 4.70. The number of hydrazine groups is 1.